The number of aryl methyl sites for hydroxylation is 1. The molecular formula is C23H37IN4O3. The van der Waals surface area contributed by atoms with Gasteiger partial charge in [-0.2, -0.15) is 0 Å². The highest BCUT2D eigenvalue weighted by Gasteiger charge is 2.16. The lowest BCUT2D eigenvalue weighted by atomic mass is 10.1. The van der Waals surface area contributed by atoms with Gasteiger partial charge in [-0.15, -0.1) is 24.0 Å². The SMILES string of the molecule is CCNC(=NCC(c1ccco1)N(C)C)NCCCc1ccc(OC)c(OCC)c1.I. The molecule has 2 aromatic rings. The highest BCUT2D eigenvalue weighted by Crippen LogP contribution is 2.28. The average Bonchev–Trinajstić information content (AvgIpc) is 3.26. The molecule has 0 fully saturated rings. The van der Waals surface area contributed by atoms with Crippen LogP contribution in [0.4, 0.5) is 0 Å². The zero-order valence-electron chi connectivity index (χ0n) is 19.3. The van der Waals surface area contributed by atoms with Crippen LogP contribution in [0.15, 0.2) is 46.0 Å². The smallest absolute Gasteiger partial charge is 0.191 e. The van der Waals surface area contributed by atoms with Crippen LogP contribution < -0.4 is 20.1 Å². The number of benzene rings is 1. The molecule has 1 atom stereocenters. The fraction of sp³-hybridized carbons (Fsp3) is 0.522. The van der Waals surface area contributed by atoms with Gasteiger partial charge in [0.2, 0.25) is 0 Å². The second kappa shape index (κ2) is 15.0. The van der Waals surface area contributed by atoms with Gasteiger partial charge in [-0.3, -0.25) is 9.89 Å². The molecule has 0 bridgehead atoms. The third kappa shape index (κ3) is 8.98. The summed E-state index contributed by atoms with van der Waals surface area (Å²) in [6.07, 6.45) is 3.63. The molecule has 0 saturated carbocycles. The summed E-state index contributed by atoms with van der Waals surface area (Å²) < 4.78 is 16.6. The van der Waals surface area contributed by atoms with Crippen LogP contribution in [0.3, 0.4) is 0 Å². The number of halogens is 1. The minimum Gasteiger partial charge on any atom is -0.493 e. The zero-order chi connectivity index (χ0) is 21.8. The van der Waals surface area contributed by atoms with Crippen molar-refractivity contribution in [3.05, 3.63) is 47.9 Å². The number of aliphatic imine (C=N–C) groups is 1. The molecule has 2 N–H and O–H groups in total. The third-order valence-corrected chi connectivity index (χ3v) is 4.72. The molecule has 0 aliphatic carbocycles. The lowest BCUT2D eigenvalue weighted by molar-refractivity contribution is 0.265. The third-order valence-electron chi connectivity index (χ3n) is 4.72. The molecule has 1 heterocycles. The summed E-state index contributed by atoms with van der Waals surface area (Å²) in [5, 5.41) is 6.74. The lowest BCUT2D eigenvalue weighted by Gasteiger charge is -2.21. The molecule has 7 nitrogen and oxygen atoms in total. The van der Waals surface area contributed by atoms with Crippen LogP contribution in [-0.2, 0) is 6.42 Å². The maximum Gasteiger partial charge on any atom is 0.191 e. The minimum atomic E-state index is 0. The predicted molar refractivity (Wildman–Crippen MR) is 137 cm³/mol. The normalized spacial score (nSPS) is 12.3. The summed E-state index contributed by atoms with van der Waals surface area (Å²) >= 11 is 0. The molecule has 1 unspecified atom stereocenters. The molecule has 0 spiro atoms. The number of furan rings is 1. The number of hydrogen-bond acceptors (Lipinski definition) is 5. The first-order valence-electron chi connectivity index (χ1n) is 10.6. The standard InChI is InChI=1S/C23H36N4O3.HI/c1-6-24-23(26-17-19(27(3)4)20-11-9-15-30-20)25-14-8-10-18-12-13-21(28-5)22(16-18)29-7-2;/h9,11-13,15-16,19H,6-8,10,14,17H2,1-5H3,(H2,24,25,26);1H. The van der Waals surface area contributed by atoms with E-state index in [1.807, 2.05) is 39.2 Å². The van der Waals surface area contributed by atoms with E-state index in [0.29, 0.717) is 13.2 Å². The summed E-state index contributed by atoms with van der Waals surface area (Å²) in [5.74, 6) is 3.31. The van der Waals surface area contributed by atoms with Crippen molar-refractivity contribution in [2.45, 2.75) is 32.7 Å². The van der Waals surface area contributed by atoms with Gasteiger partial charge < -0.3 is 24.5 Å². The number of methoxy groups -OCH3 is 1. The molecule has 0 aliphatic rings. The number of hydrogen-bond donors (Lipinski definition) is 2. The van der Waals surface area contributed by atoms with E-state index in [1.54, 1.807) is 13.4 Å². The Kier molecular flexibility index (Phi) is 13.1. The maximum absolute atomic E-state index is 5.67. The minimum absolute atomic E-state index is 0. The fourth-order valence-electron chi connectivity index (χ4n) is 3.15. The highest BCUT2D eigenvalue weighted by atomic mass is 127. The second-order valence-electron chi connectivity index (χ2n) is 7.16. The van der Waals surface area contributed by atoms with Gasteiger partial charge >= 0.3 is 0 Å². The van der Waals surface area contributed by atoms with Crippen LogP contribution in [0.2, 0.25) is 0 Å². The fourth-order valence-corrected chi connectivity index (χ4v) is 3.15. The number of nitrogens with zero attached hydrogens (tertiary/aromatic N) is 2. The Morgan fingerprint density at radius 2 is 1.97 bits per heavy atom. The molecule has 31 heavy (non-hydrogen) atoms. The van der Waals surface area contributed by atoms with E-state index in [1.165, 1.54) is 5.56 Å². The topological polar surface area (TPSA) is 71.3 Å². The number of nitrogens with one attached hydrogen (secondary N) is 2. The van der Waals surface area contributed by atoms with Gasteiger partial charge in [-0.05, 0) is 70.6 Å². The van der Waals surface area contributed by atoms with Crippen LogP contribution in [0, 0.1) is 0 Å². The van der Waals surface area contributed by atoms with Crippen molar-refractivity contribution in [1.82, 2.24) is 15.5 Å². The van der Waals surface area contributed by atoms with Crippen LogP contribution in [0.1, 0.15) is 37.6 Å². The van der Waals surface area contributed by atoms with Crippen molar-refractivity contribution in [2.24, 2.45) is 4.99 Å². The summed E-state index contributed by atoms with van der Waals surface area (Å²) in [4.78, 5) is 6.87. The monoisotopic (exact) mass is 544 g/mol. The van der Waals surface area contributed by atoms with E-state index in [0.717, 1.165) is 49.1 Å². The van der Waals surface area contributed by atoms with Crippen molar-refractivity contribution < 1.29 is 13.9 Å². The molecule has 1 aromatic carbocycles. The average molecular weight is 544 g/mol. The molecule has 0 aliphatic heterocycles. The Balaban J connectivity index is 0.00000480. The summed E-state index contributed by atoms with van der Waals surface area (Å²) in [6.45, 7) is 6.93. The van der Waals surface area contributed by atoms with E-state index in [9.17, 15) is 0 Å². The lowest BCUT2D eigenvalue weighted by Crippen LogP contribution is -2.38. The maximum atomic E-state index is 5.67. The number of ether oxygens (including phenoxy) is 2. The Morgan fingerprint density at radius 3 is 2.58 bits per heavy atom. The largest absolute Gasteiger partial charge is 0.493 e. The molecule has 8 heteroatoms. The van der Waals surface area contributed by atoms with Crippen molar-refractivity contribution in [1.29, 1.82) is 0 Å². The van der Waals surface area contributed by atoms with Crippen LogP contribution in [0.5, 0.6) is 11.5 Å². The van der Waals surface area contributed by atoms with Crippen molar-refractivity contribution in [2.75, 3.05) is 47.4 Å². The molecule has 174 valence electrons. The van der Waals surface area contributed by atoms with Crippen LogP contribution in [-0.4, -0.2) is 58.3 Å². The van der Waals surface area contributed by atoms with Gasteiger partial charge in [0.15, 0.2) is 17.5 Å². The zero-order valence-corrected chi connectivity index (χ0v) is 21.6. The quantitative estimate of drug-likeness (QED) is 0.182. The summed E-state index contributed by atoms with van der Waals surface area (Å²) in [7, 11) is 5.73. The van der Waals surface area contributed by atoms with E-state index in [4.69, 9.17) is 18.9 Å². The van der Waals surface area contributed by atoms with Crippen molar-refractivity contribution >= 4 is 29.9 Å². The molecule has 2 rings (SSSR count). The van der Waals surface area contributed by atoms with Crippen molar-refractivity contribution in [3.63, 3.8) is 0 Å². The highest BCUT2D eigenvalue weighted by molar-refractivity contribution is 14.0. The first-order chi connectivity index (χ1) is 14.6. The Bertz CT molecular complexity index is 766. The van der Waals surface area contributed by atoms with Crippen molar-refractivity contribution in [3.8, 4) is 11.5 Å². The van der Waals surface area contributed by atoms with E-state index in [2.05, 4.69) is 34.6 Å². The van der Waals surface area contributed by atoms with Gasteiger partial charge in [0, 0.05) is 13.1 Å². The molecule has 0 saturated heterocycles. The second-order valence-corrected chi connectivity index (χ2v) is 7.16. The number of guanidine groups is 1. The Morgan fingerprint density at radius 1 is 1.16 bits per heavy atom. The Labute approximate surface area is 203 Å². The van der Waals surface area contributed by atoms with Gasteiger partial charge in [-0.25, -0.2) is 0 Å². The molecule has 0 radical (unpaired) electrons. The van der Waals surface area contributed by atoms with Crippen LogP contribution in [0.25, 0.3) is 0 Å². The van der Waals surface area contributed by atoms with E-state index in [-0.39, 0.29) is 30.0 Å². The summed E-state index contributed by atoms with van der Waals surface area (Å²) in [5.41, 5.74) is 1.23. The van der Waals surface area contributed by atoms with Crippen LogP contribution >= 0.6 is 24.0 Å². The summed E-state index contributed by atoms with van der Waals surface area (Å²) in [6, 6.07) is 10.1. The Hall–Kier alpha value is -1.94. The van der Waals surface area contributed by atoms with Gasteiger partial charge in [0.1, 0.15) is 5.76 Å². The number of likely N-dealkylation sites (N-methyl/N-ethyl adjacent to an activating group) is 1. The number of rotatable bonds is 12. The van der Waals surface area contributed by atoms with E-state index < -0.39 is 0 Å². The van der Waals surface area contributed by atoms with E-state index >= 15 is 0 Å². The first kappa shape index (κ1) is 27.1. The van der Waals surface area contributed by atoms with Gasteiger partial charge in [-0.1, -0.05) is 6.07 Å². The van der Waals surface area contributed by atoms with Gasteiger partial charge in [0.05, 0.1) is 32.6 Å². The first-order valence-corrected chi connectivity index (χ1v) is 10.6. The molecular weight excluding hydrogens is 507 g/mol. The predicted octanol–water partition coefficient (Wildman–Crippen LogP) is 4.10. The van der Waals surface area contributed by atoms with Gasteiger partial charge in [0.25, 0.3) is 0 Å². The molecule has 0 amide bonds. The molecule has 1 aromatic heterocycles.